The quantitative estimate of drug-likeness (QED) is 0.846. The van der Waals surface area contributed by atoms with Gasteiger partial charge in [0, 0.05) is 6.07 Å². The first-order chi connectivity index (χ1) is 8.15. The van der Waals surface area contributed by atoms with Gasteiger partial charge in [-0.1, -0.05) is 23.7 Å². The van der Waals surface area contributed by atoms with Crippen LogP contribution in [0.25, 0.3) is 0 Å². The number of hydrogen-bond donors (Lipinski definition) is 1. The van der Waals surface area contributed by atoms with E-state index in [0.29, 0.717) is 23.1 Å². The van der Waals surface area contributed by atoms with Gasteiger partial charge in [-0.05, 0) is 29.8 Å². The Labute approximate surface area is 104 Å². The van der Waals surface area contributed by atoms with Crippen molar-refractivity contribution in [3.05, 3.63) is 58.9 Å². The van der Waals surface area contributed by atoms with Crippen molar-refractivity contribution in [1.82, 2.24) is 0 Å². The molecule has 0 spiro atoms. The summed E-state index contributed by atoms with van der Waals surface area (Å²) >= 11 is 5.86. The first kappa shape index (κ1) is 11.7. The summed E-state index contributed by atoms with van der Waals surface area (Å²) in [6, 6.07) is 11.2. The molecule has 2 nitrogen and oxygen atoms in total. The van der Waals surface area contributed by atoms with Gasteiger partial charge < -0.3 is 10.5 Å². The van der Waals surface area contributed by atoms with E-state index in [0.717, 1.165) is 5.56 Å². The van der Waals surface area contributed by atoms with E-state index < -0.39 is 0 Å². The molecule has 4 heteroatoms. The molecule has 0 aliphatic rings. The number of hydrogen-bond acceptors (Lipinski definition) is 2. The standard InChI is InChI=1S/C13H11ClFNO/c14-12-7-11(5-6-13(12)16)17-8-9-1-3-10(15)4-2-9/h1-7H,8,16H2. The Morgan fingerprint density at radius 2 is 1.82 bits per heavy atom. The Morgan fingerprint density at radius 3 is 2.47 bits per heavy atom. The van der Waals surface area contributed by atoms with Crippen molar-refractivity contribution in [3.8, 4) is 5.75 Å². The zero-order chi connectivity index (χ0) is 12.3. The van der Waals surface area contributed by atoms with Crippen LogP contribution in [0.5, 0.6) is 5.75 Å². The minimum absolute atomic E-state index is 0.260. The highest BCUT2D eigenvalue weighted by Crippen LogP contribution is 2.24. The summed E-state index contributed by atoms with van der Waals surface area (Å²) in [7, 11) is 0. The van der Waals surface area contributed by atoms with Crippen LogP contribution in [0, 0.1) is 5.82 Å². The van der Waals surface area contributed by atoms with E-state index in [2.05, 4.69) is 0 Å². The van der Waals surface area contributed by atoms with E-state index in [1.54, 1.807) is 30.3 Å². The fourth-order valence-corrected chi connectivity index (χ4v) is 1.52. The van der Waals surface area contributed by atoms with Crippen molar-refractivity contribution < 1.29 is 9.13 Å². The molecule has 0 aliphatic heterocycles. The lowest BCUT2D eigenvalue weighted by Crippen LogP contribution is -1.96. The molecule has 0 fully saturated rings. The zero-order valence-electron chi connectivity index (χ0n) is 8.99. The molecule has 2 aromatic rings. The molecule has 17 heavy (non-hydrogen) atoms. The zero-order valence-corrected chi connectivity index (χ0v) is 9.75. The minimum Gasteiger partial charge on any atom is -0.489 e. The lowest BCUT2D eigenvalue weighted by molar-refractivity contribution is 0.306. The molecule has 2 rings (SSSR count). The molecule has 0 aromatic heterocycles. The number of benzene rings is 2. The van der Waals surface area contributed by atoms with Crippen LogP contribution < -0.4 is 10.5 Å². The van der Waals surface area contributed by atoms with Gasteiger partial charge in [0.05, 0.1) is 10.7 Å². The largest absolute Gasteiger partial charge is 0.489 e. The Bertz CT molecular complexity index is 513. The molecule has 0 saturated heterocycles. The number of ether oxygens (including phenoxy) is 1. The highest BCUT2D eigenvalue weighted by Gasteiger charge is 2.00. The maximum Gasteiger partial charge on any atom is 0.123 e. The van der Waals surface area contributed by atoms with Crippen molar-refractivity contribution in [3.63, 3.8) is 0 Å². The number of rotatable bonds is 3. The highest BCUT2D eigenvalue weighted by molar-refractivity contribution is 6.33. The van der Waals surface area contributed by atoms with Gasteiger partial charge in [-0.3, -0.25) is 0 Å². The fraction of sp³-hybridized carbons (Fsp3) is 0.0769. The summed E-state index contributed by atoms with van der Waals surface area (Å²) in [5.74, 6) is 0.373. The predicted octanol–water partition coefficient (Wildman–Crippen LogP) is 3.64. The second-order valence-electron chi connectivity index (χ2n) is 3.60. The van der Waals surface area contributed by atoms with Crippen LogP contribution in [0.2, 0.25) is 5.02 Å². The van der Waals surface area contributed by atoms with Gasteiger partial charge >= 0.3 is 0 Å². The molecule has 0 unspecified atom stereocenters. The van der Waals surface area contributed by atoms with Crippen LogP contribution in [-0.2, 0) is 6.61 Å². The second-order valence-corrected chi connectivity index (χ2v) is 4.01. The Kier molecular flexibility index (Phi) is 3.49. The summed E-state index contributed by atoms with van der Waals surface area (Å²) in [5, 5.41) is 0.460. The highest BCUT2D eigenvalue weighted by atomic mass is 35.5. The molecule has 2 N–H and O–H groups in total. The third-order valence-electron chi connectivity index (χ3n) is 2.29. The van der Waals surface area contributed by atoms with E-state index in [4.69, 9.17) is 22.1 Å². The Hall–Kier alpha value is -1.74. The third kappa shape index (κ3) is 3.11. The van der Waals surface area contributed by atoms with Crippen molar-refractivity contribution in [2.45, 2.75) is 6.61 Å². The van der Waals surface area contributed by atoms with E-state index in [1.165, 1.54) is 12.1 Å². The summed E-state index contributed by atoms with van der Waals surface area (Å²) in [4.78, 5) is 0. The Morgan fingerprint density at radius 1 is 1.12 bits per heavy atom. The first-order valence-corrected chi connectivity index (χ1v) is 5.45. The maximum absolute atomic E-state index is 12.7. The van der Waals surface area contributed by atoms with Gasteiger partial charge in [0.2, 0.25) is 0 Å². The number of halogens is 2. The van der Waals surface area contributed by atoms with Crippen LogP contribution in [0.3, 0.4) is 0 Å². The molecule has 0 radical (unpaired) electrons. The number of nitrogen functional groups attached to an aromatic ring is 1. The van der Waals surface area contributed by atoms with Crippen LogP contribution in [0.1, 0.15) is 5.56 Å². The average Bonchev–Trinajstić information content (AvgIpc) is 2.33. The number of nitrogens with two attached hydrogens (primary N) is 1. The van der Waals surface area contributed by atoms with Gasteiger partial charge in [-0.25, -0.2) is 4.39 Å². The molecule has 88 valence electrons. The minimum atomic E-state index is -0.260. The second kappa shape index (κ2) is 5.06. The molecule has 0 atom stereocenters. The van der Waals surface area contributed by atoms with E-state index >= 15 is 0 Å². The molecule has 2 aromatic carbocycles. The third-order valence-corrected chi connectivity index (χ3v) is 2.62. The van der Waals surface area contributed by atoms with Gasteiger partial charge in [0.1, 0.15) is 18.2 Å². The SMILES string of the molecule is Nc1ccc(OCc2ccc(F)cc2)cc1Cl. The molecule has 0 amide bonds. The van der Waals surface area contributed by atoms with Crippen LogP contribution >= 0.6 is 11.6 Å². The van der Waals surface area contributed by atoms with Crippen LogP contribution in [0.15, 0.2) is 42.5 Å². The van der Waals surface area contributed by atoms with Gasteiger partial charge in [-0.2, -0.15) is 0 Å². The smallest absolute Gasteiger partial charge is 0.123 e. The molecule has 0 bridgehead atoms. The van der Waals surface area contributed by atoms with E-state index in [9.17, 15) is 4.39 Å². The topological polar surface area (TPSA) is 35.2 Å². The van der Waals surface area contributed by atoms with Gasteiger partial charge in [-0.15, -0.1) is 0 Å². The molecule has 0 heterocycles. The van der Waals surface area contributed by atoms with E-state index in [-0.39, 0.29) is 5.82 Å². The van der Waals surface area contributed by atoms with Crippen molar-refractivity contribution in [2.24, 2.45) is 0 Å². The van der Waals surface area contributed by atoms with Crippen LogP contribution in [-0.4, -0.2) is 0 Å². The van der Waals surface area contributed by atoms with Crippen molar-refractivity contribution in [2.75, 3.05) is 5.73 Å². The lowest BCUT2D eigenvalue weighted by Gasteiger charge is -2.07. The molecule has 0 aliphatic carbocycles. The molecule has 0 saturated carbocycles. The fourth-order valence-electron chi connectivity index (χ4n) is 1.34. The van der Waals surface area contributed by atoms with Gasteiger partial charge in [0.25, 0.3) is 0 Å². The maximum atomic E-state index is 12.7. The normalized spacial score (nSPS) is 10.2. The average molecular weight is 252 g/mol. The predicted molar refractivity (Wildman–Crippen MR) is 66.6 cm³/mol. The van der Waals surface area contributed by atoms with Crippen molar-refractivity contribution in [1.29, 1.82) is 0 Å². The van der Waals surface area contributed by atoms with Gasteiger partial charge in [0.15, 0.2) is 0 Å². The summed E-state index contributed by atoms with van der Waals surface area (Å²) < 4.78 is 18.2. The van der Waals surface area contributed by atoms with E-state index in [1.807, 2.05) is 0 Å². The summed E-state index contributed by atoms with van der Waals surface area (Å²) in [6.07, 6.45) is 0. The Balaban J connectivity index is 2.02. The summed E-state index contributed by atoms with van der Waals surface area (Å²) in [5.41, 5.74) is 6.99. The first-order valence-electron chi connectivity index (χ1n) is 5.07. The van der Waals surface area contributed by atoms with Crippen molar-refractivity contribution >= 4 is 17.3 Å². The lowest BCUT2D eigenvalue weighted by atomic mass is 10.2. The summed E-state index contributed by atoms with van der Waals surface area (Å²) in [6.45, 7) is 0.362. The molecular weight excluding hydrogens is 241 g/mol. The molecular formula is C13H11ClFNO. The monoisotopic (exact) mass is 251 g/mol. The number of anilines is 1. The van der Waals surface area contributed by atoms with Crippen LogP contribution in [0.4, 0.5) is 10.1 Å².